The third kappa shape index (κ3) is 13.1. The zero-order chi connectivity index (χ0) is 20.9. The Balaban J connectivity index is 0.000000972. The SMILES string of the molecule is C=C1CN(SCC(/C=C\C(=C/C)[N+](=O)[O-])=C/C)CCCN1.CCC(F)(F)F. The van der Waals surface area contributed by atoms with Crippen molar-refractivity contribution in [2.45, 2.75) is 39.8 Å². The number of halogens is 3. The molecule has 0 spiro atoms. The van der Waals surface area contributed by atoms with Gasteiger partial charge in [-0.05, 0) is 31.9 Å². The first-order valence-electron chi connectivity index (χ1n) is 8.63. The van der Waals surface area contributed by atoms with Gasteiger partial charge < -0.3 is 5.32 Å². The van der Waals surface area contributed by atoms with Gasteiger partial charge in [-0.3, -0.25) is 10.1 Å². The van der Waals surface area contributed by atoms with Gasteiger partial charge >= 0.3 is 6.18 Å². The Labute approximate surface area is 163 Å². The van der Waals surface area contributed by atoms with Crippen LogP contribution in [0.2, 0.25) is 0 Å². The predicted molar refractivity (Wildman–Crippen MR) is 106 cm³/mol. The molecule has 0 unspecified atom stereocenters. The van der Waals surface area contributed by atoms with Gasteiger partial charge in [-0.2, -0.15) is 13.2 Å². The van der Waals surface area contributed by atoms with E-state index in [2.05, 4.69) is 16.2 Å². The van der Waals surface area contributed by atoms with Crippen LogP contribution in [0, 0.1) is 10.1 Å². The molecule has 1 aliphatic heterocycles. The minimum Gasteiger partial charge on any atom is -0.388 e. The number of hydrogen-bond donors (Lipinski definition) is 1. The molecule has 0 aromatic carbocycles. The summed E-state index contributed by atoms with van der Waals surface area (Å²) < 4.78 is 34.6. The molecule has 1 fully saturated rings. The molecule has 0 bridgehead atoms. The molecule has 0 amide bonds. The Hall–Kier alpha value is -1.74. The monoisotopic (exact) mass is 407 g/mol. The molecule has 0 atom stereocenters. The topological polar surface area (TPSA) is 58.4 Å². The zero-order valence-electron chi connectivity index (χ0n) is 16.0. The molecule has 27 heavy (non-hydrogen) atoms. The van der Waals surface area contributed by atoms with Crippen LogP contribution in [0.15, 0.2) is 47.9 Å². The average Bonchev–Trinajstić information content (AvgIpc) is 2.81. The van der Waals surface area contributed by atoms with E-state index in [9.17, 15) is 23.3 Å². The van der Waals surface area contributed by atoms with Gasteiger partial charge in [0.1, 0.15) is 0 Å². The molecule has 0 saturated carbocycles. The lowest BCUT2D eigenvalue weighted by atomic mass is 10.2. The number of alkyl halides is 3. The summed E-state index contributed by atoms with van der Waals surface area (Å²) in [5, 5.41) is 14.0. The molecule has 1 N–H and O–H groups in total. The fraction of sp³-hybridized carbons (Fsp3) is 0.556. The highest BCUT2D eigenvalue weighted by atomic mass is 32.2. The molecule has 1 rings (SSSR count). The van der Waals surface area contributed by atoms with Gasteiger partial charge in [-0.25, -0.2) is 4.31 Å². The second-order valence-corrected chi connectivity index (χ2v) is 6.72. The maximum Gasteiger partial charge on any atom is 0.388 e. The number of rotatable bonds is 6. The minimum absolute atomic E-state index is 0.117. The predicted octanol–water partition coefficient (Wildman–Crippen LogP) is 5.09. The first-order chi connectivity index (χ1) is 12.6. The first kappa shape index (κ1) is 25.3. The highest BCUT2D eigenvalue weighted by Crippen LogP contribution is 2.18. The lowest BCUT2D eigenvalue weighted by Gasteiger charge is -2.18. The van der Waals surface area contributed by atoms with E-state index in [1.807, 2.05) is 19.1 Å². The summed E-state index contributed by atoms with van der Waals surface area (Å²) in [6.45, 7) is 11.5. The molecule has 1 heterocycles. The highest BCUT2D eigenvalue weighted by molar-refractivity contribution is 7.97. The smallest absolute Gasteiger partial charge is 0.388 e. The average molecular weight is 408 g/mol. The minimum atomic E-state index is -3.96. The van der Waals surface area contributed by atoms with Crippen molar-refractivity contribution in [2.24, 2.45) is 0 Å². The van der Waals surface area contributed by atoms with E-state index in [0.29, 0.717) is 0 Å². The Morgan fingerprint density at radius 3 is 2.48 bits per heavy atom. The number of nitro groups is 1. The molecule has 0 aromatic heterocycles. The van der Waals surface area contributed by atoms with Crippen molar-refractivity contribution < 1.29 is 18.1 Å². The summed E-state index contributed by atoms with van der Waals surface area (Å²) >= 11 is 1.74. The van der Waals surface area contributed by atoms with Crippen molar-refractivity contribution in [1.29, 1.82) is 0 Å². The molecular weight excluding hydrogens is 379 g/mol. The van der Waals surface area contributed by atoms with Gasteiger partial charge in [0.25, 0.3) is 5.70 Å². The van der Waals surface area contributed by atoms with Gasteiger partial charge in [0.2, 0.25) is 0 Å². The fourth-order valence-electron chi connectivity index (χ4n) is 1.83. The molecule has 0 aromatic rings. The summed E-state index contributed by atoms with van der Waals surface area (Å²) in [4.78, 5) is 10.4. The van der Waals surface area contributed by atoms with Crippen molar-refractivity contribution in [3.63, 3.8) is 0 Å². The molecular formula is C18H28F3N3O2S. The van der Waals surface area contributed by atoms with E-state index < -0.39 is 12.6 Å². The summed E-state index contributed by atoms with van der Waals surface area (Å²) in [5.74, 6) is 0.801. The molecule has 1 saturated heterocycles. The van der Waals surface area contributed by atoms with Crippen molar-refractivity contribution in [3.05, 3.63) is 58.0 Å². The summed E-state index contributed by atoms with van der Waals surface area (Å²) in [5.41, 5.74) is 2.23. The van der Waals surface area contributed by atoms with Gasteiger partial charge in [0.05, 0.1) is 4.92 Å². The van der Waals surface area contributed by atoms with Crippen molar-refractivity contribution in [2.75, 3.05) is 25.4 Å². The van der Waals surface area contributed by atoms with Crippen LogP contribution in [-0.2, 0) is 0 Å². The van der Waals surface area contributed by atoms with Crippen LogP contribution in [0.4, 0.5) is 13.2 Å². The second kappa shape index (κ2) is 13.4. The van der Waals surface area contributed by atoms with Crippen LogP contribution >= 0.6 is 11.9 Å². The Bertz CT molecular complexity index is 573. The van der Waals surface area contributed by atoms with E-state index >= 15 is 0 Å². The normalized spacial score (nSPS) is 17.2. The van der Waals surface area contributed by atoms with Gasteiger partial charge in [-0.1, -0.05) is 37.6 Å². The maximum atomic E-state index is 10.8. The van der Waals surface area contributed by atoms with Crippen molar-refractivity contribution in [1.82, 2.24) is 9.62 Å². The van der Waals surface area contributed by atoms with Crippen LogP contribution in [0.3, 0.4) is 0 Å². The number of nitrogens with zero attached hydrogens (tertiary/aromatic N) is 2. The fourth-order valence-corrected chi connectivity index (χ4v) is 2.93. The summed E-state index contributed by atoms with van der Waals surface area (Å²) in [6.07, 6.45) is 3.27. The third-order valence-electron chi connectivity index (χ3n) is 3.49. The van der Waals surface area contributed by atoms with E-state index in [-0.39, 0.29) is 10.6 Å². The van der Waals surface area contributed by atoms with Crippen LogP contribution in [0.25, 0.3) is 0 Å². The van der Waals surface area contributed by atoms with E-state index in [4.69, 9.17) is 0 Å². The molecule has 154 valence electrons. The highest BCUT2D eigenvalue weighted by Gasteiger charge is 2.22. The second-order valence-electron chi connectivity index (χ2n) is 5.66. The standard InChI is InChI=1S/C15H23N3O2S.C3H5F3/c1-4-14(7-8-15(5-2)18(19)20)12-21-17-10-6-9-16-13(3)11-17;1-2-3(4,5)6/h4-5,7-8,16H,3,6,9-12H2,1-2H3;2H2,1H3/b8-7-,14-4+,15-5+;. The molecule has 1 aliphatic rings. The maximum absolute atomic E-state index is 10.8. The number of nitrogens with one attached hydrogen (secondary N) is 1. The largest absolute Gasteiger partial charge is 0.388 e. The number of allylic oxidation sites excluding steroid dienone is 4. The lowest BCUT2D eigenvalue weighted by Crippen LogP contribution is -2.20. The number of hydrogen-bond acceptors (Lipinski definition) is 5. The lowest BCUT2D eigenvalue weighted by molar-refractivity contribution is -0.419. The van der Waals surface area contributed by atoms with Gasteiger partial charge in [0.15, 0.2) is 0 Å². The van der Waals surface area contributed by atoms with Gasteiger partial charge in [-0.15, -0.1) is 0 Å². The van der Waals surface area contributed by atoms with E-state index in [0.717, 1.165) is 50.0 Å². The quantitative estimate of drug-likeness (QED) is 0.288. The molecule has 9 heteroatoms. The van der Waals surface area contributed by atoms with Crippen molar-refractivity contribution >= 4 is 11.9 Å². The summed E-state index contributed by atoms with van der Waals surface area (Å²) in [7, 11) is 0. The Kier molecular flexibility index (Phi) is 12.6. The summed E-state index contributed by atoms with van der Waals surface area (Å²) in [6, 6.07) is 0. The van der Waals surface area contributed by atoms with E-state index in [1.54, 1.807) is 24.9 Å². The van der Waals surface area contributed by atoms with Crippen LogP contribution in [0.5, 0.6) is 0 Å². The molecule has 5 nitrogen and oxygen atoms in total. The zero-order valence-corrected chi connectivity index (χ0v) is 16.8. The van der Waals surface area contributed by atoms with Gasteiger partial charge in [0, 0.05) is 43.6 Å². The van der Waals surface area contributed by atoms with Crippen LogP contribution < -0.4 is 5.32 Å². The Morgan fingerprint density at radius 2 is 2.00 bits per heavy atom. The van der Waals surface area contributed by atoms with Crippen LogP contribution in [0.1, 0.15) is 33.6 Å². The molecule has 0 radical (unpaired) electrons. The third-order valence-corrected chi connectivity index (χ3v) is 4.63. The van der Waals surface area contributed by atoms with Crippen LogP contribution in [-0.4, -0.2) is 40.8 Å². The van der Waals surface area contributed by atoms with E-state index in [1.165, 1.54) is 6.08 Å². The Morgan fingerprint density at radius 1 is 1.37 bits per heavy atom. The molecule has 0 aliphatic carbocycles. The van der Waals surface area contributed by atoms with Crippen molar-refractivity contribution in [3.8, 4) is 0 Å². The first-order valence-corrected chi connectivity index (χ1v) is 9.57.